The van der Waals surface area contributed by atoms with E-state index in [4.69, 9.17) is 4.74 Å². The highest BCUT2D eigenvalue weighted by Crippen LogP contribution is 2.13. The fourth-order valence-corrected chi connectivity index (χ4v) is 1.66. The number of anilines is 1. The van der Waals surface area contributed by atoms with Crippen LogP contribution in [0.15, 0.2) is 42.6 Å². The van der Waals surface area contributed by atoms with E-state index in [1.807, 2.05) is 0 Å². The van der Waals surface area contributed by atoms with Crippen LogP contribution in [0.25, 0.3) is 0 Å². The van der Waals surface area contributed by atoms with E-state index in [-0.39, 0.29) is 11.4 Å². The molecule has 22 heavy (non-hydrogen) atoms. The van der Waals surface area contributed by atoms with Crippen LogP contribution in [0.1, 0.15) is 16.1 Å². The van der Waals surface area contributed by atoms with E-state index in [0.717, 1.165) is 12.3 Å². The molecule has 0 spiro atoms. The highest BCUT2D eigenvalue weighted by molar-refractivity contribution is 5.94. The van der Waals surface area contributed by atoms with Gasteiger partial charge < -0.3 is 15.3 Å². The topological polar surface area (TPSA) is 82.3 Å². The molecule has 1 amide bonds. The monoisotopic (exact) mass is 304 g/mol. The van der Waals surface area contributed by atoms with Crippen molar-refractivity contribution in [1.82, 2.24) is 0 Å². The molecule has 0 aliphatic heterocycles. The first kappa shape index (κ1) is 15.4. The number of esters is 1. The molecule has 0 aliphatic rings. The number of benzene rings is 1. The van der Waals surface area contributed by atoms with Crippen LogP contribution in [0, 0.1) is 17.9 Å². The van der Waals surface area contributed by atoms with Gasteiger partial charge in [-0.05, 0) is 30.7 Å². The zero-order valence-electron chi connectivity index (χ0n) is 11.7. The summed E-state index contributed by atoms with van der Waals surface area (Å²) in [6.45, 7) is 1.02. The van der Waals surface area contributed by atoms with Gasteiger partial charge >= 0.3 is 11.7 Å². The fraction of sp³-hybridized carbons (Fsp3) is 0.133. The molecule has 1 N–H and O–H groups in total. The fourth-order valence-electron chi connectivity index (χ4n) is 1.66. The summed E-state index contributed by atoms with van der Waals surface area (Å²) in [5.74, 6) is -2.00. The number of carbonyl (C=O) groups is 2. The lowest BCUT2D eigenvalue weighted by atomic mass is 10.2. The van der Waals surface area contributed by atoms with Crippen molar-refractivity contribution in [2.45, 2.75) is 6.92 Å². The van der Waals surface area contributed by atoms with E-state index in [1.165, 1.54) is 30.3 Å². The van der Waals surface area contributed by atoms with Gasteiger partial charge in [-0.2, -0.15) is 4.73 Å². The van der Waals surface area contributed by atoms with E-state index in [0.29, 0.717) is 10.3 Å². The summed E-state index contributed by atoms with van der Waals surface area (Å²) in [5.41, 5.74) is 0.480. The number of amides is 1. The first-order valence-electron chi connectivity index (χ1n) is 6.38. The Morgan fingerprint density at radius 2 is 2.09 bits per heavy atom. The van der Waals surface area contributed by atoms with Crippen LogP contribution in [0.3, 0.4) is 0 Å². The zero-order chi connectivity index (χ0) is 16.1. The summed E-state index contributed by atoms with van der Waals surface area (Å²) in [5, 5.41) is 13.7. The number of rotatable bonds is 4. The second-order valence-electron chi connectivity index (χ2n) is 4.50. The highest BCUT2D eigenvalue weighted by Gasteiger charge is 2.18. The average molecular weight is 304 g/mol. The summed E-state index contributed by atoms with van der Waals surface area (Å²) in [7, 11) is 0. The Balaban J connectivity index is 1.91. The van der Waals surface area contributed by atoms with Crippen molar-refractivity contribution in [3.05, 3.63) is 64.9 Å². The molecule has 2 aromatic rings. The van der Waals surface area contributed by atoms with Crippen LogP contribution < -0.4 is 10.0 Å². The number of nitrogens with one attached hydrogen (secondary N) is 1. The van der Waals surface area contributed by atoms with Crippen LogP contribution in [0.4, 0.5) is 10.1 Å². The van der Waals surface area contributed by atoms with E-state index >= 15 is 0 Å². The zero-order valence-corrected chi connectivity index (χ0v) is 11.7. The third-order valence-electron chi connectivity index (χ3n) is 2.82. The molecular weight excluding hydrogens is 291 g/mol. The number of nitrogens with zero attached hydrogens (tertiary/aromatic N) is 1. The largest absolute Gasteiger partial charge is 0.618 e. The Morgan fingerprint density at radius 1 is 1.32 bits per heavy atom. The molecule has 1 heterocycles. The van der Waals surface area contributed by atoms with Crippen molar-refractivity contribution in [2.75, 3.05) is 11.9 Å². The number of ether oxygens (including phenoxy) is 1. The molecule has 7 heteroatoms. The maximum absolute atomic E-state index is 13.3. The summed E-state index contributed by atoms with van der Waals surface area (Å²) >= 11 is 0. The van der Waals surface area contributed by atoms with Crippen LogP contribution in [-0.4, -0.2) is 18.5 Å². The molecule has 1 aromatic carbocycles. The van der Waals surface area contributed by atoms with E-state index < -0.39 is 24.3 Å². The van der Waals surface area contributed by atoms with Crippen molar-refractivity contribution in [3.8, 4) is 0 Å². The number of pyridine rings is 1. The Morgan fingerprint density at radius 3 is 2.77 bits per heavy atom. The quantitative estimate of drug-likeness (QED) is 0.528. The van der Waals surface area contributed by atoms with Gasteiger partial charge in [-0.3, -0.25) is 4.79 Å². The molecule has 0 atom stereocenters. The van der Waals surface area contributed by atoms with E-state index in [9.17, 15) is 19.2 Å². The third-order valence-corrected chi connectivity index (χ3v) is 2.82. The lowest BCUT2D eigenvalue weighted by Gasteiger charge is -2.07. The maximum Gasteiger partial charge on any atom is 0.405 e. The molecule has 0 radical (unpaired) electrons. The molecule has 6 nitrogen and oxygen atoms in total. The lowest BCUT2D eigenvalue weighted by molar-refractivity contribution is -0.608. The normalized spacial score (nSPS) is 10.1. The molecular formula is C15H13FN2O4. The van der Waals surface area contributed by atoms with Gasteiger partial charge in [0.25, 0.3) is 5.91 Å². The smallest absolute Gasteiger partial charge is 0.405 e. The Kier molecular flexibility index (Phi) is 4.67. The molecule has 0 bridgehead atoms. The number of hydrogen-bond acceptors (Lipinski definition) is 4. The second-order valence-corrected chi connectivity index (χ2v) is 4.50. The predicted molar refractivity (Wildman–Crippen MR) is 75.5 cm³/mol. The molecule has 0 fully saturated rings. The van der Waals surface area contributed by atoms with Gasteiger partial charge in [-0.25, -0.2) is 9.18 Å². The molecule has 0 saturated carbocycles. The van der Waals surface area contributed by atoms with Crippen molar-refractivity contribution in [3.63, 3.8) is 0 Å². The minimum Gasteiger partial charge on any atom is -0.618 e. The third kappa shape index (κ3) is 3.78. The highest BCUT2D eigenvalue weighted by atomic mass is 19.1. The second kappa shape index (κ2) is 6.66. The Labute approximate surface area is 125 Å². The maximum atomic E-state index is 13.3. The minimum absolute atomic E-state index is 0.225. The average Bonchev–Trinajstić information content (AvgIpc) is 2.49. The SMILES string of the molecule is Cc1ccc(NC(=O)COC(=O)c2cccc[n+]2[O-])cc1F. The van der Waals surface area contributed by atoms with Crippen LogP contribution in [0.5, 0.6) is 0 Å². The van der Waals surface area contributed by atoms with Crippen molar-refractivity contribution < 1.29 is 23.4 Å². The molecule has 1 aromatic heterocycles. The molecule has 0 unspecified atom stereocenters. The standard InChI is InChI=1S/C15H13FN2O4/c1-10-5-6-11(8-12(10)16)17-14(19)9-22-15(20)13-4-2-3-7-18(13)21/h2-8H,9H2,1H3,(H,17,19). The molecule has 0 saturated heterocycles. The Bertz CT molecular complexity index is 718. The number of carbonyl (C=O) groups excluding carboxylic acids is 2. The number of halogens is 1. The first-order chi connectivity index (χ1) is 10.5. The van der Waals surface area contributed by atoms with Crippen LogP contribution in [0.2, 0.25) is 0 Å². The van der Waals surface area contributed by atoms with Gasteiger partial charge in [0, 0.05) is 17.8 Å². The molecule has 114 valence electrons. The van der Waals surface area contributed by atoms with Crippen molar-refractivity contribution in [2.24, 2.45) is 0 Å². The van der Waals surface area contributed by atoms with Gasteiger partial charge in [0.2, 0.25) is 0 Å². The van der Waals surface area contributed by atoms with Crippen molar-refractivity contribution in [1.29, 1.82) is 0 Å². The number of hydrogen-bond donors (Lipinski definition) is 1. The number of aryl methyl sites for hydroxylation is 1. The summed E-state index contributed by atoms with van der Waals surface area (Å²) in [6, 6.07) is 8.45. The molecule has 2 rings (SSSR count). The Hall–Kier alpha value is -2.96. The number of aromatic nitrogens is 1. The van der Waals surface area contributed by atoms with Crippen LogP contribution in [-0.2, 0) is 9.53 Å². The summed E-state index contributed by atoms with van der Waals surface area (Å²) in [6.07, 6.45) is 1.14. The van der Waals surface area contributed by atoms with Gasteiger partial charge in [-0.1, -0.05) is 6.07 Å². The van der Waals surface area contributed by atoms with Gasteiger partial charge in [0.15, 0.2) is 12.8 Å². The minimum atomic E-state index is -0.916. The predicted octanol–water partition coefficient (Wildman–Crippen LogP) is 1.56. The van der Waals surface area contributed by atoms with Gasteiger partial charge in [0.05, 0.1) is 0 Å². The van der Waals surface area contributed by atoms with Crippen molar-refractivity contribution >= 4 is 17.6 Å². The summed E-state index contributed by atoms with van der Waals surface area (Å²) in [4.78, 5) is 23.3. The molecule has 0 aliphatic carbocycles. The van der Waals surface area contributed by atoms with E-state index in [2.05, 4.69) is 5.32 Å². The van der Waals surface area contributed by atoms with E-state index in [1.54, 1.807) is 6.92 Å². The summed E-state index contributed by atoms with van der Waals surface area (Å²) < 4.78 is 18.4. The van der Waals surface area contributed by atoms with Gasteiger partial charge in [-0.15, -0.1) is 0 Å². The van der Waals surface area contributed by atoms with Crippen LogP contribution >= 0.6 is 0 Å². The lowest BCUT2D eigenvalue weighted by Crippen LogP contribution is -2.35. The van der Waals surface area contributed by atoms with Gasteiger partial charge in [0.1, 0.15) is 5.82 Å². The first-order valence-corrected chi connectivity index (χ1v) is 6.38.